The van der Waals surface area contributed by atoms with Crippen LogP contribution in [0.3, 0.4) is 0 Å². The molecule has 0 aliphatic rings. The second kappa shape index (κ2) is 8.72. The minimum Gasteiger partial charge on any atom is -0.454 e. The van der Waals surface area contributed by atoms with E-state index in [1.807, 2.05) is 31.2 Å². The fourth-order valence-electron chi connectivity index (χ4n) is 2.35. The fraction of sp³-hybridized carbons (Fsp3) is 0.100. The van der Waals surface area contributed by atoms with Gasteiger partial charge >= 0.3 is 5.97 Å². The minimum atomic E-state index is -0.614. The molecule has 0 radical (unpaired) electrons. The highest BCUT2D eigenvalue weighted by atomic mass is 19.1. The molecule has 8 heteroatoms. The standard InChI is InChI=1S/C20H18FN5O2/c1-13-5-2-3-8-16(13)23-20-25-17(24-19(22)26-20)12-28-18(27)10-9-14-6-4-7-15(21)11-14/h2-11H,12H2,1H3,(H3,22,23,24,25,26)/b10-9+. The molecule has 142 valence electrons. The number of hydrogen-bond acceptors (Lipinski definition) is 7. The van der Waals surface area contributed by atoms with Crippen LogP contribution >= 0.6 is 0 Å². The number of nitrogens with two attached hydrogens (primary N) is 1. The van der Waals surface area contributed by atoms with Crippen molar-refractivity contribution < 1.29 is 13.9 Å². The maximum atomic E-state index is 13.1. The maximum Gasteiger partial charge on any atom is 0.331 e. The molecular weight excluding hydrogens is 361 g/mol. The zero-order chi connectivity index (χ0) is 19.9. The summed E-state index contributed by atoms with van der Waals surface area (Å²) >= 11 is 0. The average Bonchev–Trinajstić information content (AvgIpc) is 2.66. The first-order chi connectivity index (χ1) is 13.5. The Bertz CT molecular complexity index is 1020. The number of benzene rings is 2. The Hall–Kier alpha value is -3.81. The number of carbonyl (C=O) groups is 1. The van der Waals surface area contributed by atoms with Gasteiger partial charge < -0.3 is 15.8 Å². The summed E-state index contributed by atoms with van der Waals surface area (Å²) in [5.41, 5.74) is 8.10. The zero-order valence-electron chi connectivity index (χ0n) is 15.1. The zero-order valence-corrected chi connectivity index (χ0v) is 15.1. The van der Waals surface area contributed by atoms with Crippen molar-refractivity contribution in [1.82, 2.24) is 15.0 Å². The highest BCUT2D eigenvalue weighted by molar-refractivity contribution is 5.87. The average molecular weight is 379 g/mol. The van der Waals surface area contributed by atoms with E-state index < -0.39 is 5.97 Å². The van der Waals surface area contributed by atoms with Gasteiger partial charge in [-0.2, -0.15) is 15.0 Å². The summed E-state index contributed by atoms with van der Waals surface area (Å²) in [5.74, 6) is -0.534. The number of anilines is 3. The molecule has 0 spiro atoms. The lowest BCUT2D eigenvalue weighted by Crippen LogP contribution is -2.10. The van der Waals surface area contributed by atoms with E-state index in [4.69, 9.17) is 10.5 Å². The molecule has 0 fully saturated rings. The number of ether oxygens (including phenoxy) is 1. The summed E-state index contributed by atoms with van der Waals surface area (Å²) in [7, 11) is 0. The van der Waals surface area contributed by atoms with Crippen molar-refractivity contribution in [2.45, 2.75) is 13.5 Å². The molecule has 0 aliphatic heterocycles. The van der Waals surface area contributed by atoms with Crippen LogP contribution in [0.5, 0.6) is 0 Å². The van der Waals surface area contributed by atoms with E-state index in [0.29, 0.717) is 5.56 Å². The van der Waals surface area contributed by atoms with Crippen molar-refractivity contribution in [2.24, 2.45) is 0 Å². The van der Waals surface area contributed by atoms with Crippen LogP contribution in [-0.4, -0.2) is 20.9 Å². The third kappa shape index (κ3) is 5.34. The third-order valence-corrected chi connectivity index (χ3v) is 3.69. The lowest BCUT2D eigenvalue weighted by molar-refractivity contribution is -0.139. The number of para-hydroxylation sites is 1. The molecule has 3 N–H and O–H groups in total. The van der Waals surface area contributed by atoms with Crippen LogP contribution in [0, 0.1) is 12.7 Å². The van der Waals surface area contributed by atoms with Gasteiger partial charge in [-0.05, 0) is 42.3 Å². The number of nitrogens with one attached hydrogen (secondary N) is 1. The number of carbonyl (C=O) groups excluding carboxylic acids is 1. The maximum absolute atomic E-state index is 13.1. The summed E-state index contributed by atoms with van der Waals surface area (Å²) in [6.45, 7) is 1.77. The Morgan fingerprint density at radius 1 is 1.18 bits per heavy atom. The normalized spacial score (nSPS) is 10.8. The predicted molar refractivity (Wildman–Crippen MR) is 104 cm³/mol. The van der Waals surface area contributed by atoms with E-state index in [1.165, 1.54) is 24.3 Å². The van der Waals surface area contributed by atoms with Crippen LogP contribution in [0.25, 0.3) is 6.08 Å². The molecule has 0 unspecified atom stereocenters. The van der Waals surface area contributed by atoms with Gasteiger partial charge in [-0.25, -0.2) is 9.18 Å². The molecule has 0 amide bonds. The summed E-state index contributed by atoms with van der Waals surface area (Å²) in [6, 6.07) is 13.5. The first-order valence-electron chi connectivity index (χ1n) is 8.43. The molecule has 0 atom stereocenters. The van der Waals surface area contributed by atoms with Gasteiger partial charge in [0.05, 0.1) is 0 Å². The number of esters is 1. The molecule has 0 aliphatic carbocycles. The van der Waals surface area contributed by atoms with Gasteiger partial charge in [0, 0.05) is 11.8 Å². The predicted octanol–water partition coefficient (Wildman–Crippen LogP) is 3.40. The van der Waals surface area contributed by atoms with Crippen LogP contribution in [0.15, 0.2) is 54.6 Å². The highest BCUT2D eigenvalue weighted by Gasteiger charge is 2.08. The third-order valence-electron chi connectivity index (χ3n) is 3.69. The molecule has 1 aromatic heterocycles. The monoisotopic (exact) mass is 379 g/mol. The first kappa shape index (κ1) is 19.0. The van der Waals surface area contributed by atoms with Gasteiger partial charge in [0.1, 0.15) is 5.82 Å². The number of halogens is 1. The van der Waals surface area contributed by atoms with Crippen molar-refractivity contribution in [3.8, 4) is 0 Å². The summed E-state index contributed by atoms with van der Waals surface area (Å²) in [4.78, 5) is 24.1. The van der Waals surface area contributed by atoms with Crippen molar-refractivity contribution >= 4 is 29.6 Å². The van der Waals surface area contributed by atoms with Crippen molar-refractivity contribution in [2.75, 3.05) is 11.1 Å². The largest absolute Gasteiger partial charge is 0.454 e. The van der Waals surface area contributed by atoms with Gasteiger partial charge in [-0.3, -0.25) is 0 Å². The van der Waals surface area contributed by atoms with E-state index >= 15 is 0 Å². The SMILES string of the molecule is Cc1ccccc1Nc1nc(N)nc(COC(=O)/C=C/c2cccc(F)c2)n1. The van der Waals surface area contributed by atoms with Crippen LogP contribution in [0.4, 0.5) is 22.0 Å². The number of aromatic nitrogens is 3. The lowest BCUT2D eigenvalue weighted by atomic mass is 10.2. The molecule has 3 rings (SSSR count). The minimum absolute atomic E-state index is 0.00689. The second-order valence-electron chi connectivity index (χ2n) is 5.87. The van der Waals surface area contributed by atoms with Crippen molar-refractivity contribution in [3.63, 3.8) is 0 Å². The van der Waals surface area contributed by atoms with Crippen molar-refractivity contribution in [1.29, 1.82) is 0 Å². The van der Waals surface area contributed by atoms with Gasteiger partial charge in [-0.1, -0.05) is 30.3 Å². The Kier molecular flexibility index (Phi) is 5.91. The molecule has 7 nitrogen and oxygen atoms in total. The molecule has 0 saturated heterocycles. The van der Waals surface area contributed by atoms with Crippen LogP contribution in [-0.2, 0) is 16.1 Å². The Morgan fingerprint density at radius 3 is 2.79 bits per heavy atom. The Morgan fingerprint density at radius 2 is 2.00 bits per heavy atom. The summed E-state index contributed by atoms with van der Waals surface area (Å²) < 4.78 is 18.2. The fourth-order valence-corrected chi connectivity index (χ4v) is 2.35. The second-order valence-corrected chi connectivity index (χ2v) is 5.87. The number of nitrogen functional groups attached to an aromatic ring is 1. The van der Waals surface area contributed by atoms with E-state index in [0.717, 1.165) is 11.3 Å². The number of rotatable bonds is 6. The number of aryl methyl sites for hydroxylation is 1. The van der Waals surface area contributed by atoms with E-state index in [-0.39, 0.29) is 30.1 Å². The van der Waals surface area contributed by atoms with E-state index in [1.54, 1.807) is 12.1 Å². The molecular formula is C20H18FN5O2. The molecule has 28 heavy (non-hydrogen) atoms. The number of nitrogens with zero attached hydrogens (tertiary/aromatic N) is 3. The molecule has 0 saturated carbocycles. The highest BCUT2D eigenvalue weighted by Crippen LogP contribution is 2.17. The smallest absolute Gasteiger partial charge is 0.331 e. The Labute approximate surface area is 161 Å². The summed E-state index contributed by atoms with van der Waals surface area (Å²) in [5, 5.41) is 3.06. The quantitative estimate of drug-likeness (QED) is 0.500. The molecule has 1 heterocycles. The number of hydrogen-bond donors (Lipinski definition) is 2. The Balaban J connectivity index is 1.63. The molecule has 3 aromatic rings. The molecule has 2 aromatic carbocycles. The van der Waals surface area contributed by atoms with Gasteiger partial charge in [0.15, 0.2) is 12.4 Å². The molecule has 0 bridgehead atoms. The van der Waals surface area contributed by atoms with E-state index in [9.17, 15) is 9.18 Å². The van der Waals surface area contributed by atoms with Gasteiger partial charge in [-0.15, -0.1) is 0 Å². The lowest BCUT2D eigenvalue weighted by Gasteiger charge is -2.09. The van der Waals surface area contributed by atoms with Crippen molar-refractivity contribution in [3.05, 3.63) is 77.4 Å². The first-order valence-corrected chi connectivity index (χ1v) is 8.43. The van der Waals surface area contributed by atoms with Crippen LogP contribution in [0.1, 0.15) is 17.0 Å². The summed E-state index contributed by atoms with van der Waals surface area (Å²) in [6.07, 6.45) is 2.66. The van der Waals surface area contributed by atoms with Gasteiger partial charge in [0.2, 0.25) is 11.9 Å². The van der Waals surface area contributed by atoms with Crippen LogP contribution in [0.2, 0.25) is 0 Å². The van der Waals surface area contributed by atoms with Gasteiger partial charge in [0.25, 0.3) is 0 Å². The van der Waals surface area contributed by atoms with Crippen LogP contribution < -0.4 is 11.1 Å². The van der Waals surface area contributed by atoms with E-state index in [2.05, 4.69) is 20.3 Å². The topological polar surface area (TPSA) is 103 Å².